The molecule has 0 radical (unpaired) electrons. The molecule has 0 saturated carbocycles. The molecule has 2 amide bonds. The van der Waals surface area contributed by atoms with Crippen LogP contribution < -0.4 is 15.5 Å². The lowest BCUT2D eigenvalue weighted by atomic mass is 10.1. The Bertz CT molecular complexity index is 1100. The first-order valence-corrected chi connectivity index (χ1v) is 9.58. The van der Waals surface area contributed by atoms with E-state index in [9.17, 15) is 27.6 Å². The third-order valence-corrected chi connectivity index (χ3v) is 4.71. The molecule has 3 rings (SSSR count). The summed E-state index contributed by atoms with van der Waals surface area (Å²) in [7, 11) is 1.21. The summed E-state index contributed by atoms with van der Waals surface area (Å²) in [5.41, 5.74) is -0.598. The molecule has 0 spiro atoms. The van der Waals surface area contributed by atoms with Gasteiger partial charge in [0.25, 0.3) is 5.91 Å². The van der Waals surface area contributed by atoms with E-state index in [2.05, 4.69) is 15.4 Å². The van der Waals surface area contributed by atoms with Gasteiger partial charge in [0.15, 0.2) is 0 Å². The summed E-state index contributed by atoms with van der Waals surface area (Å²) in [6.07, 6.45) is -3.82. The number of nitrogens with zero attached hydrogens (tertiary/aromatic N) is 1. The highest BCUT2D eigenvalue weighted by Gasteiger charge is 2.34. The van der Waals surface area contributed by atoms with Gasteiger partial charge in [-0.25, -0.2) is 0 Å². The second-order valence-electron chi connectivity index (χ2n) is 6.72. The lowest BCUT2D eigenvalue weighted by Crippen LogP contribution is -2.37. The molecule has 0 fully saturated rings. The van der Waals surface area contributed by atoms with Gasteiger partial charge in [-0.15, -0.1) is 0 Å². The second-order valence-corrected chi connectivity index (χ2v) is 7.16. The topological polar surface area (TPSA) is 87.7 Å². The van der Waals surface area contributed by atoms with E-state index in [1.54, 1.807) is 24.3 Å². The molecule has 2 N–H and O–H groups in total. The number of hydrogen-bond donors (Lipinski definition) is 2. The number of amides is 2. The van der Waals surface area contributed by atoms with Gasteiger partial charge < -0.3 is 15.4 Å². The molecule has 1 aliphatic rings. The highest BCUT2D eigenvalue weighted by atomic mass is 35.5. The fraction of sp³-hybridized carbons (Fsp3) is 0.190. The maximum atomic E-state index is 13.3. The minimum absolute atomic E-state index is 0.138. The van der Waals surface area contributed by atoms with Crippen molar-refractivity contribution in [3.05, 3.63) is 64.8 Å². The Morgan fingerprint density at radius 2 is 1.91 bits per heavy atom. The molecule has 0 atom stereocenters. The number of carbonyl (C=O) groups excluding carboxylic acids is 3. The van der Waals surface area contributed by atoms with Crippen molar-refractivity contribution in [3.63, 3.8) is 0 Å². The quantitative estimate of drug-likeness (QED) is 0.643. The Morgan fingerprint density at radius 3 is 2.59 bits per heavy atom. The average molecular weight is 468 g/mol. The minimum atomic E-state index is -4.74. The number of anilines is 3. The van der Waals surface area contributed by atoms with Gasteiger partial charge in [-0.3, -0.25) is 19.3 Å². The largest absolute Gasteiger partial charge is 0.469 e. The van der Waals surface area contributed by atoms with E-state index >= 15 is 0 Å². The molecule has 32 heavy (non-hydrogen) atoms. The number of methoxy groups -OCH3 is 1. The normalized spacial score (nSPS) is 13.5. The van der Waals surface area contributed by atoms with Gasteiger partial charge in [0, 0.05) is 16.8 Å². The fourth-order valence-corrected chi connectivity index (χ4v) is 3.22. The van der Waals surface area contributed by atoms with Gasteiger partial charge in [-0.1, -0.05) is 23.7 Å². The number of ether oxygens (including phenoxy) is 1. The van der Waals surface area contributed by atoms with Crippen molar-refractivity contribution >= 4 is 46.4 Å². The predicted octanol–water partition coefficient (Wildman–Crippen LogP) is 4.20. The van der Waals surface area contributed by atoms with E-state index in [0.717, 1.165) is 17.0 Å². The van der Waals surface area contributed by atoms with E-state index in [1.165, 1.54) is 13.2 Å². The number of nitrogens with one attached hydrogen (secondary N) is 2. The van der Waals surface area contributed by atoms with Crippen LogP contribution in [0.4, 0.5) is 30.2 Å². The first-order chi connectivity index (χ1) is 15.1. The number of esters is 1. The van der Waals surface area contributed by atoms with Crippen molar-refractivity contribution < 1.29 is 32.3 Å². The van der Waals surface area contributed by atoms with Gasteiger partial charge in [-0.2, -0.15) is 13.2 Å². The molecule has 2 aromatic rings. The summed E-state index contributed by atoms with van der Waals surface area (Å²) in [6, 6.07) is 9.46. The van der Waals surface area contributed by atoms with E-state index in [0.29, 0.717) is 17.4 Å². The Kier molecular flexibility index (Phi) is 6.73. The van der Waals surface area contributed by atoms with E-state index in [-0.39, 0.29) is 17.1 Å². The summed E-state index contributed by atoms with van der Waals surface area (Å²) in [5.74, 6) is -2.07. The van der Waals surface area contributed by atoms with Crippen molar-refractivity contribution in [2.75, 3.05) is 29.2 Å². The second kappa shape index (κ2) is 9.31. The number of para-hydroxylation sites is 2. The van der Waals surface area contributed by atoms with Crippen LogP contribution >= 0.6 is 11.6 Å². The molecule has 0 aliphatic carbocycles. The number of hydrogen-bond acceptors (Lipinski definition) is 5. The summed E-state index contributed by atoms with van der Waals surface area (Å²) in [6.45, 7) is -0.570. The van der Waals surface area contributed by atoms with E-state index < -0.39 is 41.8 Å². The average Bonchev–Trinajstić information content (AvgIpc) is 2.84. The fourth-order valence-electron chi connectivity index (χ4n) is 3.05. The predicted molar refractivity (Wildman–Crippen MR) is 112 cm³/mol. The van der Waals surface area contributed by atoms with Gasteiger partial charge in [0.2, 0.25) is 5.91 Å². The Labute approximate surface area is 185 Å². The Morgan fingerprint density at radius 1 is 1.19 bits per heavy atom. The van der Waals surface area contributed by atoms with Gasteiger partial charge in [-0.05, 0) is 30.3 Å². The van der Waals surface area contributed by atoms with Crippen LogP contribution in [-0.2, 0) is 25.3 Å². The van der Waals surface area contributed by atoms with Gasteiger partial charge in [0.05, 0.1) is 36.2 Å². The number of alkyl halides is 3. The Hall–Kier alpha value is -3.53. The number of rotatable bonds is 5. The molecule has 0 unspecified atom stereocenters. The van der Waals surface area contributed by atoms with E-state index in [1.807, 2.05) is 0 Å². The van der Waals surface area contributed by atoms with Crippen molar-refractivity contribution in [2.24, 2.45) is 0 Å². The first-order valence-electron chi connectivity index (χ1n) is 9.20. The van der Waals surface area contributed by atoms with Crippen LogP contribution in [0.2, 0.25) is 5.02 Å². The number of benzene rings is 2. The molecule has 11 heteroatoms. The summed E-state index contributed by atoms with van der Waals surface area (Å²) in [5, 5.41) is 5.00. The zero-order chi connectivity index (χ0) is 23.5. The van der Waals surface area contributed by atoms with Crippen molar-refractivity contribution in [1.29, 1.82) is 0 Å². The van der Waals surface area contributed by atoms with Crippen LogP contribution in [0.25, 0.3) is 0 Å². The van der Waals surface area contributed by atoms with Crippen LogP contribution in [0.1, 0.15) is 12.0 Å². The molecule has 1 aliphatic heterocycles. The smallest absolute Gasteiger partial charge is 0.418 e. The lowest BCUT2D eigenvalue weighted by Gasteiger charge is -2.22. The van der Waals surface area contributed by atoms with Crippen LogP contribution in [0.3, 0.4) is 0 Å². The molecule has 0 aromatic heterocycles. The number of halogens is 4. The molecular formula is C21H17ClF3N3O4. The first kappa shape index (κ1) is 23.1. The molecule has 7 nitrogen and oxygen atoms in total. The molecular weight excluding hydrogens is 451 g/mol. The monoisotopic (exact) mass is 467 g/mol. The number of carbonyl (C=O) groups is 3. The third-order valence-electron chi connectivity index (χ3n) is 4.48. The summed E-state index contributed by atoms with van der Waals surface area (Å²) in [4.78, 5) is 38.1. The van der Waals surface area contributed by atoms with Crippen molar-refractivity contribution in [3.8, 4) is 0 Å². The van der Waals surface area contributed by atoms with Crippen LogP contribution in [0.15, 0.2) is 54.2 Å². The molecule has 2 aromatic carbocycles. The summed E-state index contributed by atoms with van der Waals surface area (Å²) < 4.78 is 44.5. The zero-order valence-electron chi connectivity index (χ0n) is 16.6. The van der Waals surface area contributed by atoms with Crippen molar-refractivity contribution in [2.45, 2.75) is 12.6 Å². The molecule has 0 saturated heterocycles. The van der Waals surface area contributed by atoms with Crippen LogP contribution in [-0.4, -0.2) is 31.4 Å². The van der Waals surface area contributed by atoms with E-state index in [4.69, 9.17) is 11.6 Å². The highest BCUT2D eigenvalue weighted by Crippen LogP contribution is 2.37. The molecule has 0 bridgehead atoms. The van der Waals surface area contributed by atoms with Crippen LogP contribution in [0, 0.1) is 0 Å². The lowest BCUT2D eigenvalue weighted by molar-refractivity contribution is -0.140. The van der Waals surface area contributed by atoms with Crippen LogP contribution in [0.5, 0.6) is 0 Å². The highest BCUT2D eigenvalue weighted by molar-refractivity contribution is 6.30. The van der Waals surface area contributed by atoms with Crippen molar-refractivity contribution in [1.82, 2.24) is 0 Å². The maximum absolute atomic E-state index is 13.3. The minimum Gasteiger partial charge on any atom is -0.469 e. The van der Waals surface area contributed by atoms with Gasteiger partial charge in [0.1, 0.15) is 6.54 Å². The zero-order valence-corrected chi connectivity index (χ0v) is 17.4. The molecule has 1 heterocycles. The Balaban J connectivity index is 1.87. The third kappa shape index (κ3) is 5.38. The SMILES string of the molecule is COC(=O)CC1=CC(=O)N(CC(=O)Nc2ccc(Cl)cc2C(F)(F)F)c2ccccc2N1. The maximum Gasteiger partial charge on any atom is 0.418 e. The summed E-state index contributed by atoms with van der Waals surface area (Å²) >= 11 is 5.66. The van der Waals surface area contributed by atoms with Gasteiger partial charge >= 0.3 is 12.1 Å². The number of fused-ring (bicyclic) bond motifs is 1. The molecule has 168 valence electrons. The standard InChI is InChI=1S/C21H17ClF3N3O4/c1-32-20(31)10-13-9-19(30)28(17-5-3-2-4-16(17)26-13)11-18(29)27-15-7-6-12(22)8-14(15)21(23,24)25/h2-9,26H,10-11H2,1H3,(H,27,29).